The van der Waals surface area contributed by atoms with Crippen LogP contribution in [0, 0.1) is 0 Å². The Morgan fingerprint density at radius 3 is 2.71 bits per heavy atom. The number of nitrogens with one attached hydrogen (secondary N) is 2. The van der Waals surface area contributed by atoms with Gasteiger partial charge in [-0.15, -0.1) is 0 Å². The van der Waals surface area contributed by atoms with Crippen LogP contribution in [0.25, 0.3) is 0 Å². The molecule has 5 heteroatoms. The third kappa shape index (κ3) is 2.91. The number of aromatic nitrogens is 2. The Hall–Kier alpha value is -2.30. The summed E-state index contributed by atoms with van der Waals surface area (Å²) in [6.07, 6.45) is 4.39. The second-order valence-corrected chi connectivity index (χ2v) is 5.57. The number of carbonyl (C=O) groups is 1. The largest absolute Gasteiger partial charge is 0.395 e. The minimum absolute atomic E-state index is 0.265. The maximum atomic E-state index is 12.2. The summed E-state index contributed by atoms with van der Waals surface area (Å²) < 4.78 is 0. The number of aromatic amines is 1. The molecule has 0 bridgehead atoms. The van der Waals surface area contributed by atoms with Crippen molar-refractivity contribution in [2.24, 2.45) is 0 Å². The van der Waals surface area contributed by atoms with Crippen LogP contribution in [0.1, 0.15) is 53.8 Å². The molecule has 1 fully saturated rings. The number of nitrogens with two attached hydrogens (primary N) is 1. The number of hydrogen-bond acceptors (Lipinski definition) is 3. The Labute approximate surface area is 123 Å². The second kappa shape index (κ2) is 5.60. The zero-order chi connectivity index (χ0) is 14.8. The minimum atomic E-state index is -0.265. The first-order valence-corrected chi connectivity index (χ1v) is 7.43. The zero-order valence-electron chi connectivity index (χ0n) is 12.1. The molecule has 1 amide bonds. The molecular weight excluding hydrogens is 264 g/mol. The lowest BCUT2D eigenvalue weighted by Crippen LogP contribution is -2.14. The van der Waals surface area contributed by atoms with E-state index in [2.05, 4.69) is 22.4 Å². The first-order chi connectivity index (χ1) is 10.2. The van der Waals surface area contributed by atoms with Crippen LogP contribution in [0.4, 0.5) is 11.4 Å². The molecule has 0 atom stereocenters. The summed E-state index contributed by atoms with van der Waals surface area (Å²) >= 11 is 0. The van der Waals surface area contributed by atoms with Gasteiger partial charge < -0.3 is 11.1 Å². The van der Waals surface area contributed by atoms with E-state index in [1.54, 1.807) is 0 Å². The Kier molecular flexibility index (Phi) is 3.64. The molecule has 1 heterocycles. The first-order valence-electron chi connectivity index (χ1n) is 7.43. The van der Waals surface area contributed by atoms with Gasteiger partial charge in [-0.1, -0.05) is 25.5 Å². The van der Waals surface area contributed by atoms with Crippen molar-refractivity contribution in [3.63, 3.8) is 0 Å². The zero-order valence-corrected chi connectivity index (χ0v) is 12.1. The average Bonchev–Trinajstić information content (AvgIpc) is 3.24. The lowest BCUT2D eigenvalue weighted by Gasteiger charge is -2.05. The summed E-state index contributed by atoms with van der Waals surface area (Å²) in [5.74, 6) is 0.186. The van der Waals surface area contributed by atoms with Crippen molar-refractivity contribution in [2.45, 2.75) is 38.5 Å². The molecule has 0 saturated heterocycles. The summed E-state index contributed by atoms with van der Waals surface area (Å²) in [6.45, 7) is 2.15. The van der Waals surface area contributed by atoms with Crippen LogP contribution in [-0.4, -0.2) is 16.1 Å². The molecule has 0 aliphatic heterocycles. The summed E-state index contributed by atoms with van der Waals surface area (Å²) in [7, 11) is 0. The smallest absolute Gasteiger partial charge is 0.278 e. The molecule has 1 aromatic carbocycles. The van der Waals surface area contributed by atoms with Gasteiger partial charge in [0.25, 0.3) is 5.91 Å². The van der Waals surface area contributed by atoms with E-state index in [1.165, 1.54) is 5.56 Å². The number of hydrogen-bond donors (Lipinski definition) is 3. The van der Waals surface area contributed by atoms with Crippen molar-refractivity contribution < 1.29 is 4.79 Å². The predicted octanol–water partition coefficient (Wildman–Crippen LogP) is 3.07. The van der Waals surface area contributed by atoms with Gasteiger partial charge in [0, 0.05) is 11.6 Å². The van der Waals surface area contributed by atoms with Crippen LogP contribution in [0.15, 0.2) is 24.3 Å². The Bertz CT molecular complexity index is 641. The van der Waals surface area contributed by atoms with Crippen molar-refractivity contribution >= 4 is 17.3 Å². The number of rotatable bonds is 5. The number of nitrogens with zero attached hydrogens (tertiary/aromatic N) is 1. The molecular formula is C16H20N4O. The number of H-pyrrole nitrogens is 1. The molecule has 1 aromatic heterocycles. The van der Waals surface area contributed by atoms with Crippen LogP contribution in [-0.2, 0) is 6.42 Å². The number of carbonyl (C=O) groups excluding carboxylic acids is 1. The number of anilines is 2. The van der Waals surface area contributed by atoms with E-state index >= 15 is 0 Å². The van der Waals surface area contributed by atoms with Crippen LogP contribution < -0.4 is 11.1 Å². The molecule has 0 radical (unpaired) electrons. The third-order valence-corrected chi connectivity index (χ3v) is 3.78. The fourth-order valence-electron chi connectivity index (χ4n) is 2.45. The summed E-state index contributed by atoms with van der Waals surface area (Å²) in [4.78, 5) is 12.2. The third-order valence-electron chi connectivity index (χ3n) is 3.78. The van der Waals surface area contributed by atoms with Crippen LogP contribution in [0.3, 0.4) is 0 Å². The molecule has 3 rings (SSSR count). The van der Waals surface area contributed by atoms with Crippen LogP contribution >= 0.6 is 0 Å². The summed E-state index contributed by atoms with van der Waals surface area (Å²) in [5, 5.41) is 9.79. The van der Waals surface area contributed by atoms with Crippen molar-refractivity contribution in [3.8, 4) is 0 Å². The van der Waals surface area contributed by atoms with E-state index < -0.39 is 0 Å². The molecule has 21 heavy (non-hydrogen) atoms. The topological polar surface area (TPSA) is 83.8 Å². The van der Waals surface area contributed by atoms with Gasteiger partial charge in [-0.25, -0.2) is 0 Å². The van der Waals surface area contributed by atoms with Gasteiger partial charge in [0.1, 0.15) is 0 Å². The average molecular weight is 284 g/mol. The first kappa shape index (κ1) is 13.7. The quantitative estimate of drug-likeness (QED) is 0.789. The molecule has 1 aliphatic rings. The highest BCUT2D eigenvalue weighted by atomic mass is 16.2. The molecule has 0 unspecified atom stereocenters. The van der Waals surface area contributed by atoms with E-state index in [1.807, 2.05) is 24.3 Å². The maximum absolute atomic E-state index is 12.2. The lowest BCUT2D eigenvalue weighted by atomic mass is 10.1. The van der Waals surface area contributed by atoms with Gasteiger partial charge in [-0.05, 0) is 37.0 Å². The maximum Gasteiger partial charge on any atom is 0.278 e. The van der Waals surface area contributed by atoms with Crippen molar-refractivity contribution in [2.75, 3.05) is 11.1 Å². The van der Waals surface area contributed by atoms with E-state index in [0.29, 0.717) is 11.6 Å². The second-order valence-electron chi connectivity index (χ2n) is 5.57. The lowest BCUT2D eigenvalue weighted by molar-refractivity contribution is 0.102. The van der Waals surface area contributed by atoms with Gasteiger partial charge in [0.2, 0.25) is 0 Å². The Morgan fingerprint density at radius 1 is 1.38 bits per heavy atom. The van der Waals surface area contributed by atoms with Crippen molar-refractivity contribution in [3.05, 3.63) is 41.2 Å². The van der Waals surface area contributed by atoms with Crippen LogP contribution in [0.5, 0.6) is 0 Å². The highest BCUT2D eigenvalue weighted by Crippen LogP contribution is 2.42. The van der Waals surface area contributed by atoms with E-state index in [-0.39, 0.29) is 11.6 Å². The molecule has 2 aromatic rings. The SMILES string of the molecule is CCCc1ccc(NC(=O)c2n[nH]c(C3CC3)c2N)cc1. The number of amides is 1. The minimum Gasteiger partial charge on any atom is -0.395 e. The standard InChI is InChI=1S/C16H20N4O/c1-2-3-10-4-8-12(9-5-10)18-16(21)15-13(17)14(19-20-15)11-6-7-11/h4-5,8-9,11H,2-3,6-7,17H2,1H3,(H,18,21)(H,19,20). The van der Waals surface area contributed by atoms with E-state index in [0.717, 1.165) is 37.1 Å². The molecule has 5 nitrogen and oxygen atoms in total. The molecule has 0 spiro atoms. The van der Waals surface area contributed by atoms with Crippen LogP contribution in [0.2, 0.25) is 0 Å². The Balaban J connectivity index is 1.70. The van der Waals surface area contributed by atoms with Crippen molar-refractivity contribution in [1.82, 2.24) is 10.2 Å². The highest BCUT2D eigenvalue weighted by Gasteiger charge is 2.30. The fraction of sp³-hybridized carbons (Fsp3) is 0.375. The number of aryl methyl sites for hydroxylation is 1. The highest BCUT2D eigenvalue weighted by molar-refractivity contribution is 6.06. The van der Waals surface area contributed by atoms with E-state index in [4.69, 9.17) is 5.73 Å². The summed E-state index contributed by atoms with van der Waals surface area (Å²) in [5.41, 5.74) is 9.71. The molecule has 1 saturated carbocycles. The van der Waals surface area contributed by atoms with Gasteiger partial charge in [-0.3, -0.25) is 9.89 Å². The summed E-state index contributed by atoms with van der Waals surface area (Å²) in [6, 6.07) is 7.88. The molecule has 4 N–H and O–H groups in total. The molecule has 110 valence electrons. The normalized spacial score (nSPS) is 14.1. The fourth-order valence-corrected chi connectivity index (χ4v) is 2.45. The van der Waals surface area contributed by atoms with Gasteiger partial charge in [0.05, 0.1) is 11.4 Å². The van der Waals surface area contributed by atoms with E-state index in [9.17, 15) is 4.79 Å². The molecule has 1 aliphatic carbocycles. The number of benzene rings is 1. The number of nitrogen functional groups attached to an aromatic ring is 1. The van der Waals surface area contributed by atoms with Gasteiger partial charge >= 0.3 is 0 Å². The Morgan fingerprint density at radius 2 is 2.10 bits per heavy atom. The van der Waals surface area contributed by atoms with Gasteiger partial charge in [-0.2, -0.15) is 5.10 Å². The predicted molar refractivity (Wildman–Crippen MR) is 83.4 cm³/mol. The van der Waals surface area contributed by atoms with Gasteiger partial charge in [0.15, 0.2) is 5.69 Å². The van der Waals surface area contributed by atoms with Crippen molar-refractivity contribution in [1.29, 1.82) is 0 Å². The monoisotopic (exact) mass is 284 g/mol.